The summed E-state index contributed by atoms with van der Waals surface area (Å²) in [6.07, 6.45) is -1.92. The maximum Gasteiger partial charge on any atom is 0.315 e. The van der Waals surface area contributed by atoms with Crippen LogP contribution in [0.4, 0.5) is 8.78 Å². The molecule has 1 heterocycles. The molecule has 13 heavy (non-hydrogen) atoms. The number of rotatable bonds is 3. The first-order valence-corrected chi connectivity index (χ1v) is 4.34. The zero-order chi connectivity index (χ0) is 9.84. The van der Waals surface area contributed by atoms with Crippen molar-refractivity contribution in [3.05, 3.63) is 0 Å². The minimum absolute atomic E-state index is 0.327. The number of hydrogen-bond donors (Lipinski definition) is 1. The number of carbonyl (C=O) groups is 1. The standard InChI is InChI=1S/C8H14F2N2O/c1-12-3-2-6(5-12)4-11-8(13)7(9)10/h6-7H,2-5H2,1H3,(H,11,13). The highest BCUT2D eigenvalue weighted by molar-refractivity contribution is 5.79. The van der Waals surface area contributed by atoms with Crippen LogP contribution in [0.3, 0.4) is 0 Å². The van der Waals surface area contributed by atoms with Crippen molar-refractivity contribution in [3.63, 3.8) is 0 Å². The first kappa shape index (κ1) is 10.4. The van der Waals surface area contributed by atoms with Crippen molar-refractivity contribution in [2.75, 3.05) is 26.7 Å². The van der Waals surface area contributed by atoms with E-state index in [9.17, 15) is 13.6 Å². The average Bonchev–Trinajstić information content (AvgIpc) is 2.47. The second-order valence-electron chi connectivity index (χ2n) is 3.46. The van der Waals surface area contributed by atoms with E-state index in [1.165, 1.54) is 0 Å². The van der Waals surface area contributed by atoms with Crippen LogP contribution in [0.2, 0.25) is 0 Å². The van der Waals surface area contributed by atoms with Crippen LogP contribution >= 0.6 is 0 Å². The van der Waals surface area contributed by atoms with Crippen LogP contribution in [-0.4, -0.2) is 43.9 Å². The zero-order valence-electron chi connectivity index (χ0n) is 7.59. The first-order chi connectivity index (χ1) is 6.09. The van der Waals surface area contributed by atoms with Gasteiger partial charge in [-0.1, -0.05) is 0 Å². The molecule has 3 nitrogen and oxygen atoms in total. The van der Waals surface area contributed by atoms with Gasteiger partial charge in [-0.3, -0.25) is 4.79 Å². The molecular weight excluding hydrogens is 178 g/mol. The van der Waals surface area contributed by atoms with Crippen molar-refractivity contribution in [2.24, 2.45) is 5.92 Å². The molecular formula is C8H14F2N2O. The summed E-state index contributed by atoms with van der Waals surface area (Å²) < 4.78 is 23.5. The van der Waals surface area contributed by atoms with E-state index in [1.54, 1.807) is 0 Å². The molecule has 0 aliphatic carbocycles. The Morgan fingerprint density at radius 1 is 1.69 bits per heavy atom. The number of alkyl halides is 2. The van der Waals surface area contributed by atoms with E-state index in [1.807, 2.05) is 7.05 Å². The van der Waals surface area contributed by atoms with Gasteiger partial charge in [0.05, 0.1) is 0 Å². The highest BCUT2D eigenvalue weighted by Gasteiger charge is 2.21. The van der Waals surface area contributed by atoms with Gasteiger partial charge in [0.15, 0.2) is 0 Å². The van der Waals surface area contributed by atoms with E-state index in [-0.39, 0.29) is 0 Å². The van der Waals surface area contributed by atoms with Crippen molar-refractivity contribution in [3.8, 4) is 0 Å². The summed E-state index contributed by atoms with van der Waals surface area (Å²) in [5.74, 6) is -0.831. The third-order valence-corrected chi connectivity index (χ3v) is 2.25. The van der Waals surface area contributed by atoms with Crippen molar-refractivity contribution in [1.82, 2.24) is 10.2 Å². The van der Waals surface area contributed by atoms with Crippen LogP contribution in [0.5, 0.6) is 0 Å². The Labute approximate surface area is 76.1 Å². The molecule has 0 aromatic carbocycles. The topological polar surface area (TPSA) is 32.3 Å². The lowest BCUT2D eigenvalue weighted by molar-refractivity contribution is -0.131. The van der Waals surface area contributed by atoms with E-state index in [0.717, 1.165) is 19.5 Å². The summed E-state index contributed by atoms with van der Waals surface area (Å²) in [6.45, 7) is 2.23. The molecule has 1 N–H and O–H groups in total. The minimum atomic E-state index is -2.89. The predicted molar refractivity (Wildman–Crippen MR) is 44.6 cm³/mol. The number of nitrogens with one attached hydrogen (secondary N) is 1. The van der Waals surface area contributed by atoms with Gasteiger partial charge in [-0.25, -0.2) is 0 Å². The van der Waals surface area contributed by atoms with Crippen molar-refractivity contribution in [2.45, 2.75) is 12.8 Å². The summed E-state index contributed by atoms with van der Waals surface area (Å²) >= 11 is 0. The lowest BCUT2D eigenvalue weighted by Gasteiger charge is -2.10. The molecule has 0 bridgehead atoms. The quantitative estimate of drug-likeness (QED) is 0.698. The predicted octanol–water partition coefficient (Wildman–Crippen LogP) is 0.319. The first-order valence-electron chi connectivity index (χ1n) is 4.34. The SMILES string of the molecule is CN1CCC(CNC(=O)C(F)F)C1. The summed E-state index contributed by atoms with van der Waals surface area (Å²) in [5, 5.41) is 2.23. The van der Waals surface area contributed by atoms with Crippen LogP contribution < -0.4 is 5.32 Å². The van der Waals surface area contributed by atoms with E-state index < -0.39 is 12.3 Å². The van der Waals surface area contributed by atoms with Crippen molar-refractivity contribution < 1.29 is 13.6 Å². The fourth-order valence-electron chi connectivity index (χ4n) is 1.52. The Morgan fingerprint density at radius 3 is 2.85 bits per heavy atom. The molecule has 0 radical (unpaired) electrons. The Bertz CT molecular complexity index is 187. The van der Waals surface area contributed by atoms with E-state index in [0.29, 0.717) is 12.5 Å². The van der Waals surface area contributed by atoms with E-state index in [4.69, 9.17) is 0 Å². The summed E-state index contributed by atoms with van der Waals surface area (Å²) in [4.78, 5) is 12.6. The van der Waals surface area contributed by atoms with Gasteiger partial charge < -0.3 is 10.2 Å². The number of halogens is 2. The second kappa shape index (κ2) is 4.50. The van der Waals surface area contributed by atoms with Crippen LogP contribution in [0.15, 0.2) is 0 Å². The normalized spacial score (nSPS) is 23.8. The smallest absolute Gasteiger partial charge is 0.315 e. The molecule has 1 rings (SSSR count). The van der Waals surface area contributed by atoms with Crippen LogP contribution in [-0.2, 0) is 4.79 Å². The third kappa shape index (κ3) is 3.26. The molecule has 1 aliphatic rings. The number of nitrogens with zero attached hydrogens (tertiary/aromatic N) is 1. The fourth-order valence-corrected chi connectivity index (χ4v) is 1.52. The molecule has 0 saturated carbocycles. The molecule has 1 atom stereocenters. The van der Waals surface area contributed by atoms with Gasteiger partial charge in [0.1, 0.15) is 0 Å². The van der Waals surface area contributed by atoms with Gasteiger partial charge in [0.2, 0.25) is 0 Å². The lowest BCUT2D eigenvalue weighted by atomic mass is 10.1. The van der Waals surface area contributed by atoms with Crippen LogP contribution in [0, 0.1) is 5.92 Å². The van der Waals surface area contributed by atoms with Crippen molar-refractivity contribution >= 4 is 5.91 Å². The molecule has 0 aromatic heterocycles. The zero-order valence-corrected chi connectivity index (χ0v) is 7.59. The fraction of sp³-hybridized carbons (Fsp3) is 0.875. The van der Waals surface area contributed by atoms with Gasteiger partial charge in [0, 0.05) is 13.1 Å². The largest absolute Gasteiger partial charge is 0.351 e. The number of carbonyl (C=O) groups excluding carboxylic acids is 1. The second-order valence-corrected chi connectivity index (χ2v) is 3.46. The third-order valence-electron chi connectivity index (χ3n) is 2.25. The molecule has 5 heteroatoms. The average molecular weight is 192 g/mol. The van der Waals surface area contributed by atoms with Crippen LogP contribution in [0.1, 0.15) is 6.42 Å². The molecule has 76 valence electrons. The molecule has 1 amide bonds. The van der Waals surface area contributed by atoms with Gasteiger partial charge >= 0.3 is 6.43 Å². The van der Waals surface area contributed by atoms with Crippen molar-refractivity contribution in [1.29, 1.82) is 0 Å². The van der Waals surface area contributed by atoms with Gasteiger partial charge in [-0.15, -0.1) is 0 Å². The molecule has 1 aliphatic heterocycles. The Hall–Kier alpha value is -0.710. The summed E-state index contributed by atoms with van der Waals surface area (Å²) in [6, 6.07) is 0. The molecule has 1 fully saturated rings. The summed E-state index contributed by atoms with van der Waals surface area (Å²) in [7, 11) is 1.98. The molecule has 1 unspecified atom stereocenters. The lowest BCUT2D eigenvalue weighted by Crippen LogP contribution is -2.34. The van der Waals surface area contributed by atoms with Gasteiger partial charge in [-0.05, 0) is 25.9 Å². The Morgan fingerprint density at radius 2 is 2.38 bits per heavy atom. The Kier molecular flexibility index (Phi) is 3.59. The van der Waals surface area contributed by atoms with Crippen LogP contribution in [0.25, 0.3) is 0 Å². The van der Waals surface area contributed by atoms with Gasteiger partial charge in [-0.2, -0.15) is 8.78 Å². The molecule has 1 saturated heterocycles. The molecule has 0 aromatic rings. The van der Waals surface area contributed by atoms with E-state index >= 15 is 0 Å². The molecule has 0 spiro atoms. The van der Waals surface area contributed by atoms with Gasteiger partial charge in [0.25, 0.3) is 5.91 Å². The van der Waals surface area contributed by atoms with E-state index in [2.05, 4.69) is 10.2 Å². The maximum absolute atomic E-state index is 11.8. The number of amides is 1. The Balaban J connectivity index is 2.16. The summed E-state index contributed by atoms with van der Waals surface area (Å²) in [5.41, 5.74) is 0. The minimum Gasteiger partial charge on any atom is -0.351 e. The maximum atomic E-state index is 11.8. The highest BCUT2D eigenvalue weighted by Crippen LogP contribution is 2.12. The number of hydrogen-bond acceptors (Lipinski definition) is 2. The monoisotopic (exact) mass is 192 g/mol. The number of likely N-dealkylation sites (tertiary alicyclic amines) is 1. The highest BCUT2D eigenvalue weighted by atomic mass is 19.3.